The average molecular weight is 378 g/mol. The number of nitrogens with one attached hydrogen (secondary N) is 1. The van der Waals surface area contributed by atoms with Crippen LogP contribution >= 0.6 is 0 Å². The summed E-state index contributed by atoms with van der Waals surface area (Å²) in [4.78, 5) is 38.4. The zero-order valence-electron chi connectivity index (χ0n) is 15.2. The van der Waals surface area contributed by atoms with E-state index in [2.05, 4.69) is 5.32 Å². The van der Waals surface area contributed by atoms with Crippen LogP contribution in [0.3, 0.4) is 0 Å². The van der Waals surface area contributed by atoms with Crippen LogP contribution in [-0.4, -0.2) is 25.5 Å². The third kappa shape index (κ3) is 3.22. The zero-order chi connectivity index (χ0) is 19.7. The number of carbonyl (C=O) groups is 2. The van der Waals surface area contributed by atoms with Crippen LogP contribution in [0, 0.1) is 0 Å². The van der Waals surface area contributed by atoms with E-state index in [1.54, 1.807) is 47.4 Å². The summed E-state index contributed by atoms with van der Waals surface area (Å²) < 4.78 is 10.6. The molecule has 2 amide bonds. The molecule has 0 unspecified atom stereocenters. The van der Waals surface area contributed by atoms with Crippen molar-refractivity contribution < 1.29 is 18.7 Å². The number of anilines is 2. The molecular weight excluding hydrogens is 360 g/mol. The maximum Gasteiger partial charge on any atom is 0.349 e. The van der Waals surface area contributed by atoms with Crippen LogP contribution in [0.5, 0.6) is 5.75 Å². The normalized spacial score (nSPS) is 13.8. The van der Waals surface area contributed by atoms with Crippen molar-refractivity contribution >= 4 is 34.2 Å². The van der Waals surface area contributed by atoms with Crippen molar-refractivity contribution in [1.82, 2.24) is 0 Å². The Morgan fingerprint density at radius 1 is 1.14 bits per heavy atom. The second kappa shape index (κ2) is 7.19. The van der Waals surface area contributed by atoms with Crippen molar-refractivity contribution in [2.45, 2.75) is 12.8 Å². The summed E-state index contributed by atoms with van der Waals surface area (Å²) in [5, 5.41) is 3.35. The summed E-state index contributed by atoms with van der Waals surface area (Å²) in [6.45, 7) is 0.638. The summed E-state index contributed by atoms with van der Waals surface area (Å²) in [7, 11) is 1.50. The molecule has 1 fully saturated rings. The molecule has 1 aromatic heterocycles. The Kier molecular flexibility index (Phi) is 4.57. The Hall–Kier alpha value is -3.61. The Balaban J connectivity index is 1.62. The number of para-hydroxylation sites is 1. The Morgan fingerprint density at radius 2 is 1.96 bits per heavy atom. The highest BCUT2D eigenvalue weighted by atomic mass is 16.5. The fourth-order valence-electron chi connectivity index (χ4n) is 3.30. The van der Waals surface area contributed by atoms with Gasteiger partial charge in [0.05, 0.1) is 12.8 Å². The number of hydrogen-bond donors (Lipinski definition) is 1. The SMILES string of the molecule is COc1cc(NC(=O)c2cc3ccccc3oc2=O)ccc1N1CCCC1=O. The summed E-state index contributed by atoms with van der Waals surface area (Å²) in [5.41, 5.74) is 0.738. The highest BCUT2D eigenvalue weighted by molar-refractivity contribution is 6.06. The molecule has 2 heterocycles. The number of fused-ring (bicyclic) bond motifs is 1. The Labute approximate surface area is 160 Å². The summed E-state index contributed by atoms with van der Waals surface area (Å²) >= 11 is 0. The number of rotatable bonds is 4. The minimum atomic E-state index is -0.706. The maximum atomic E-state index is 12.6. The lowest BCUT2D eigenvalue weighted by atomic mass is 10.1. The van der Waals surface area contributed by atoms with E-state index in [0.29, 0.717) is 41.1 Å². The highest BCUT2D eigenvalue weighted by Gasteiger charge is 2.24. The van der Waals surface area contributed by atoms with E-state index < -0.39 is 11.5 Å². The standard InChI is InChI=1S/C21H18N2O5/c1-27-18-12-14(8-9-16(18)23-10-4-7-19(23)24)22-20(25)15-11-13-5-2-3-6-17(13)28-21(15)26/h2-3,5-6,8-9,11-12H,4,7,10H2,1H3,(H,22,25). The number of ether oxygens (including phenoxy) is 1. The number of methoxy groups -OCH3 is 1. The van der Waals surface area contributed by atoms with Crippen molar-refractivity contribution in [3.05, 3.63) is 64.5 Å². The van der Waals surface area contributed by atoms with Gasteiger partial charge in [0.25, 0.3) is 5.91 Å². The average Bonchev–Trinajstić information content (AvgIpc) is 3.13. The van der Waals surface area contributed by atoms with Crippen LogP contribution in [0.1, 0.15) is 23.2 Å². The van der Waals surface area contributed by atoms with Crippen LogP contribution < -0.4 is 20.6 Å². The predicted molar refractivity (Wildman–Crippen MR) is 105 cm³/mol. The molecule has 0 saturated carbocycles. The molecule has 0 atom stereocenters. The highest BCUT2D eigenvalue weighted by Crippen LogP contribution is 2.34. The molecule has 0 spiro atoms. The summed E-state index contributed by atoms with van der Waals surface area (Å²) in [6.07, 6.45) is 1.32. The third-order valence-corrected chi connectivity index (χ3v) is 4.69. The summed E-state index contributed by atoms with van der Waals surface area (Å²) in [6, 6.07) is 13.5. The molecule has 0 aliphatic carbocycles. The van der Waals surface area contributed by atoms with Crippen molar-refractivity contribution in [1.29, 1.82) is 0 Å². The van der Waals surface area contributed by atoms with Crippen LogP contribution in [0.15, 0.2) is 57.7 Å². The second-order valence-electron chi connectivity index (χ2n) is 6.48. The monoisotopic (exact) mass is 378 g/mol. The minimum Gasteiger partial charge on any atom is -0.494 e. The number of benzene rings is 2. The van der Waals surface area contributed by atoms with E-state index in [9.17, 15) is 14.4 Å². The van der Waals surface area contributed by atoms with Gasteiger partial charge in [0.2, 0.25) is 5.91 Å². The topological polar surface area (TPSA) is 88.8 Å². The summed E-state index contributed by atoms with van der Waals surface area (Å²) in [5.74, 6) is -0.0611. The fourth-order valence-corrected chi connectivity index (χ4v) is 3.30. The van der Waals surface area contributed by atoms with Gasteiger partial charge in [-0.15, -0.1) is 0 Å². The van der Waals surface area contributed by atoms with E-state index in [0.717, 1.165) is 6.42 Å². The van der Waals surface area contributed by atoms with Crippen LogP contribution in [0.25, 0.3) is 11.0 Å². The third-order valence-electron chi connectivity index (χ3n) is 4.69. The molecule has 4 rings (SSSR count). The molecule has 0 bridgehead atoms. The van der Waals surface area contributed by atoms with E-state index in [-0.39, 0.29) is 11.5 Å². The van der Waals surface area contributed by atoms with Crippen molar-refractivity contribution in [3.8, 4) is 5.75 Å². The van der Waals surface area contributed by atoms with Crippen molar-refractivity contribution in [2.75, 3.05) is 23.9 Å². The Morgan fingerprint density at radius 3 is 2.71 bits per heavy atom. The van der Waals surface area contributed by atoms with Crippen LogP contribution in [-0.2, 0) is 4.79 Å². The van der Waals surface area contributed by atoms with Gasteiger partial charge in [-0.1, -0.05) is 18.2 Å². The first-order valence-electron chi connectivity index (χ1n) is 8.89. The first kappa shape index (κ1) is 17.8. The van der Waals surface area contributed by atoms with Gasteiger partial charge in [-0.3, -0.25) is 9.59 Å². The first-order chi connectivity index (χ1) is 13.6. The maximum absolute atomic E-state index is 12.6. The van der Waals surface area contributed by atoms with E-state index in [1.165, 1.54) is 13.2 Å². The second-order valence-corrected chi connectivity index (χ2v) is 6.48. The van der Waals surface area contributed by atoms with Crippen molar-refractivity contribution in [3.63, 3.8) is 0 Å². The van der Waals surface area contributed by atoms with Gasteiger partial charge < -0.3 is 19.4 Å². The molecular formula is C21H18N2O5. The lowest BCUT2D eigenvalue weighted by Gasteiger charge is -2.19. The zero-order valence-corrected chi connectivity index (χ0v) is 15.2. The first-order valence-corrected chi connectivity index (χ1v) is 8.89. The van der Waals surface area contributed by atoms with Gasteiger partial charge in [0, 0.05) is 30.1 Å². The molecule has 2 aromatic carbocycles. The molecule has 3 aromatic rings. The molecule has 1 aliphatic heterocycles. The van der Waals surface area contributed by atoms with E-state index in [4.69, 9.17) is 9.15 Å². The fraction of sp³-hybridized carbons (Fsp3) is 0.190. The largest absolute Gasteiger partial charge is 0.494 e. The number of nitrogens with zero attached hydrogens (tertiary/aromatic N) is 1. The smallest absolute Gasteiger partial charge is 0.349 e. The quantitative estimate of drug-likeness (QED) is 0.705. The minimum absolute atomic E-state index is 0.0452. The molecule has 1 aliphatic rings. The molecule has 7 heteroatoms. The molecule has 1 N–H and O–H groups in total. The molecule has 7 nitrogen and oxygen atoms in total. The number of carbonyl (C=O) groups excluding carboxylic acids is 2. The van der Waals surface area contributed by atoms with Gasteiger partial charge in [0.1, 0.15) is 16.9 Å². The molecule has 142 valence electrons. The molecule has 1 saturated heterocycles. The van der Waals surface area contributed by atoms with Crippen LogP contribution in [0.4, 0.5) is 11.4 Å². The molecule has 28 heavy (non-hydrogen) atoms. The van der Waals surface area contributed by atoms with Gasteiger partial charge in [-0.2, -0.15) is 0 Å². The van der Waals surface area contributed by atoms with Crippen molar-refractivity contribution in [2.24, 2.45) is 0 Å². The molecule has 0 radical (unpaired) electrons. The van der Waals surface area contributed by atoms with Gasteiger partial charge in [-0.25, -0.2) is 4.79 Å². The lowest BCUT2D eigenvalue weighted by molar-refractivity contribution is -0.117. The van der Waals surface area contributed by atoms with E-state index >= 15 is 0 Å². The lowest BCUT2D eigenvalue weighted by Crippen LogP contribution is -2.24. The Bertz CT molecular complexity index is 1140. The van der Waals surface area contributed by atoms with Gasteiger partial charge in [0.15, 0.2) is 0 Å². The van der Waals surface area contributed by atoms with E-state index in [1.807, 2.05) is 0 Å². The number of hydrogen-bond acceptors (Lipinski definition) is 5. The van der Waals surface area contributed by atoms with Gasteiger partial charge in [-0.05, 0) is 30.7 Å². The predicted octanol–water partition coefficient (Wildman–Crippen LogP) is 3.18. The van der Waals surface area contributed by atoms with Gasteiger partial charge >= 0.3 is 5.63 Å². The number of amides is 2. The van der Waals surface area contributed by atoms with Crippen LogP contribution in [0.2, 0.25) is 0 Å².